The predicted octanol–water partition coefficient (Wildman–Crippen LogP) is -0.412. The van der Waals surface area contributed by atoms with E-state index in [9.17, 15) is 0 Å². The molecule has 3 heteroatoms. The zero-order valence-corrected chi connectivity index (χ0v) is 6.26. The van der Waals surface area contributed by atoms with Gasteiger partial charge in [0.2, 0.25) is 6.41 Å². The Hall–Kier alpha value is -0.570. The second-order valence-electron chi connectivity index (χ2n) is 2.82. The average Bonchev–Trinajstić information content (AvgIpc) is 2.60. The third-order valence-electron chi connectivity index (χ3n) is 2.00. The summed E-state index contributed by atoms with van der Waals surface area (Å²) in [7, 11) is 1.56. The van der Waals surface area contributed by atoms with Gasteiger partial charge in [0.05, 0.1) is 0 Å². The van der Waals surface area contributed by atoms with E-state index in [0.717, 1.165) is 11.8 Å². The van der Waals surface area contributed by atoms with Crippen LogP contribution in [0, 0.1) is 11.8 Å². The van der Waals surface area contributed by atoms with E-state index >= 15 is 0 Å². The molecule has 2 atom stereocenters. The Labute approximate surface area is 61.2 Å². The van der Waals surface area contributed by atoms with Gasteiger partial charge in [-0.15, -0.1) is 0 Å². The molecule has 2 fully saturated rings. The normalized spacial score (nSPS) is 33.3. The molecule has 58 valence electrons. The number of hydrogen-bond donors (Lipinski definition) is 2. The maximum Gasteiger partial charge on any atom is 0.206 e. The summed E-state index contributed by atoms with van der Waals surface area (Å²) in [4.78, 5) is 9.06. The summed E-state index contributed by atoms with van der Waals surface area (Å²) in [5.74, 6) is 2.20. The third-order valence-corrected chi connectivity index (χ3v) is 2.00. The standard InChI is InChI=1S/C5H9N.C2H5NO/c1-4-2-6-3-5(1)4;1-3-2-4/h4-6H,1-3H2;2H,1H3,(H,3,4). The van der Waals surface area contributed by atoms with E-state index in [2.05, 4.69) is 10.6 Å². The van der Waals surface area contributed by atoms with Crippen LogP contribution < -0.4 is 10.6 Å². The first-order valence-corrected chi connectivity index (χ1v) is 3.70. The van der Waals surface area contributed by atoms with Crippen molar-refractivity contribution < 1.29 is 4.79 Å². The summed E-state index contributed by atoms with van der Waals surface area (Å²) in [6.45, 7) is 2.62. The van der Waals surface area contributed by atoms with Crippen molar-refractivity contribution in [2.24, 2.45) is 11.8 Å². The van der Waals surface area contributed by atoms with Crippen LogP contribution in [0.2, 0.25) is 0 Å². The fourth-order valence-electron chi connectivity index (χ4n) is 1.26. The van der Waals surface area contributed by atoms with Gasteiger partial charge in [-0.2, -0.15) is 0 Å². The van der Waals surface area contributed by atoms with Gasteiger partial charge < -0.3 is 10.6 Å². The SMILES string of the molecule is C1NCC2CC12.CNC=O. The minimum Gasteiger partial charge on any atom is -0.362 e. The molecule has 0 spiro atoms. The summed E-state index contributed by atoms with van der Waals surface area (Å²) in [6.07, 6.45) is 2.15. The Kier molecular flexibility index (Phi) is 2.68. The van der Waals surface area contributed by atoms with Crippen molar-refractivity contribution in [1.82, 2.24) is 10.6 Å². The predicted molar refractivity (Wildman–Crippen MR) is 39.6 cm³/mol. The lowest BCUT2D eigenvalue weighted by Gasteiger charge is -1.87. The zero-order valence-electron chi connectivity index (χ0n) is 6.26. The molecule has 2 N–H and O–H groups in total. The molecule has 0 aromatic carbocycles. The van der Waals surface area contributed by atoms with E-state index in [1.165, 1.54) is 19.5 Å². The molecule has 1 saturated heterocycles. The van der Waals surface area contributed by atoms with Crippen LogP contribution in [0.4, 0.5) is 0 Å². The number of carbonyl (C=O) groups is 1. The molecule has 1 aliphatic heterocycles. The number of rotatable bonds is 1. The highest BCUT2D eigenvalue weighted by Crippen LogP contribution is 2.40. The van der Waals surface area contributed by atoms with E-state index in [1.54, 1.807) is 7.05 Å². The number of amides is 1. The summed E-state index contributed by atoms with van der Waals surface area (Å²) in [5.41, 5.74) is 0. The molecule has 0 aromatic rings. The van der Waals surface area contributed by atoms with E-state index in [-0.39, 0.29) is 0 Å². The molecule has 0 aromatic heterocycles. The van der Waals surface area contributed by atoms with Crippen LogP contribution in [-0.4, -0.2) is 26.5 Å². The van der Waals surface area contributed by atoms with Crippen LogP contribution in [0.1, 0.15) is 6.42 Å². The Balaban J connectivity index is 0.000000112. The maximum absolute atomic E-state index is 9.06. The first-order chi connectivity index (χ1) is 4.88. The van der Waals surface area contributed by atoms with E-state index in [1.807, 2.05) is 0 Å². The molecule has 0 radical (unpaired) electrons. The van der Waals surface area contributed by atoms with Crippen LogP contribution in [0.25, 0.3) is 0 Å². The summed E-state index contributed by atoms with van der Waals surface area (Å²) in [5, 5.41) is 5.57. The van der Waals surface area contributed by atoms with Crippen LogP contribution in [0.5, 0.6) is 0 Å². The van der Waals surface area contributed by atoms with Crippen molar-refractivity contribution in [3.8, 4) is 0 Å². The van der Waals surface area contributed by atoms with Crippen LogP contribution in [-0.2, 0) is 4.79 Å². The number of fused-ring (bicyclic) bond motifs is 1. The highest BCUT2D eigenvalue weighted by atomic mass is 16.1. The van der Waals surface area contributed by atoms with Crippen molar-refractivity contribution in [3.05, 3.63) is 0 Å². The highest BCUT2D eigenvalue weighted by molar-refractivity contribution is 5.44. The molecule has 2 unspecified atom stereocenters. The zero-order chi connectivity index (χ0) is 7.40. The molecule has 2 rings (SSSR count). The summed E-state index contributed by atoms with van der Waals surface area (Å²) in [6, 6.07) is 0. The molecule has 1 aliphatic carbocycles. The number of hydrogen-bond acceptors (Lipinski definition) is 2. The molecule has 1 saturated carbocycles. The van der Waals surface area contributed by atoms with Gasteiger partial charge in [0.25, 0.3) is 0 Å². The van der Waals surface area contributed by atoms with Crippen LogP contribution in [0.15, 0.2) is 0 Å². The first-order valence-electron chi connectivity index (χ1n) is 3.70. The monoisotopic (exact) mass is 142 g/mol. The quantitative estimate of drug-likeness (QED) is 0.489. The maximum atomic E-state index is 9.06. The smallest absolute Gasteiger partial charge is 0.206 e. The van der Waals surface area contributed by atoms with Gasteiger partial charge in [-0.1, -0.05) is 0 Å². The second-order valence-corrected chi connectivity index (χ2v) is 2.82. The molecule has 3 nitrogen and oxygen atoms in total. The van der Waals surface area contributed by atoms with Crippen molar-refractivity contribution in [3.63, 3.8) is 0 Å². The number of carbonyl (C=O) groups excluding carboxylic acids is 1. The van der Waals surface area contributed by atoms with Gasteiger partial charge in [0.1, 0.15) is 0 Å². The fourth-order valence-corrected chi connectivity index (χ4v) is 1.26. The third kappa shape index (κ3) is 1.99. The van der Waals surface area contributed by atoms with Gasteiger partial charge in [0.15, 0.2) is 0 Å². The van der Waals surface area contributed by atoms with Gasteiger partial charge in [-0.3, -0.25) is 4.79 Å². The lowest BCUT2D eigenvalue weighted by Crippen LogP contribution is -2.10. The minimum absolute atomic E-state index is 0.625. The Morgan fingerprint density at radius 2 is 2.00 bits per heavy atom. The highest BCUT2D eigenvalue weighted by Gasteiger charge is 2.40. The molecular formula is C7H14N2O. The Bertz CT molecular complexity index is 108. The van der Waals surface area contributed by atoms with Crippen molar-refractivity contribution >= 4 is 6.41 Å². The number of nitrogens with one attached hydrogen (secondary N) is 2. The topological polar surface area (TPSA) is 41.1 Å². The fraction of sp³-hybridized carbons (Fsp3) is 0.857. The van der Waals surface area contributed by atoms with Crippen LogP contribution in [0.3, 0.4) is 0 Å². The van der Waals surface area contributed by atoms with Crippen LogP contribution >= 0.6 is 0 Å². The van der Waals surface area contributed by atoms with Gasteiger partial charge >= 0.3 is 0 Å². The molecule has 0 bridgehead atoms. The minimum atomic E-state index is 0.625. The molecule has 2 aliphatic rings. The van der Waals surface area contributed by atoms with E-state index in [4.69, 9.17) is 4.79 Å². The van der Waals surface area contributed by atoms with Crippen molar-refractivity contribution in [1.29, 1.82) is 0 Å². The lowest BCUT2D eigenvalue weighted by molar-refractivity contribution is -0.109. The van der Waals surface area contributed by atoms with Gasteiger partial charge in [0, 0.05) is 7.05 Å². The molecule has 1 heterocycles. The van der Waals surface area contributed by atoms with Gasteiger partial charge in [-0.05, 0) is 31.3 Å². The summed E-state index contributed by atoms with van der Waals surface area (Å²) < 4.78 is 0. The first kappa shape index (κ1) is 7.54. The molecule has 1 amide bonds. The molecular weight excluding hydrogens is 128 g/mol. The summed E-state index contributed by atoms with van der Waals surface area (Å²) >= 11 is 0. The largest absolute Gasteiger partial charge is 0.362 e. The Morgan fingerprint density at radius 3 is 2.10 bits per heavy atom. The number of piperidine rings is 1. The molecule has 10 heavy (non-hydrogen) atoms. The lowest BCUT2D eigenvalue weighted by atomic mass is 10.4. The van der Waals surface area contributed by atoms with E-state index < -0.39 is 0 Å². The van der Waals surface area contributed by atoms with E-state index in [0.29, 0.717) is 6.41 Å². The van der Waals surface area contributed by atoms with Gasteiger partial charge in [-0.25, -0.2) is 0 Å². The average molecular weight is 142 g/mol. The Morgan fingerprint density at radius 1 is 1.50 bits per heavy atom. The van der Waals surface area contributed by atoms with Crippen molar-refractivity contribution in [2.75, 3.05) is 20.1 Å². The second kappa shape index (κ2) is 3.56. The van der Waals surface area contributed by atoms with Crippen molar-refractivity contribution in [2.45, 2.75) is 6.42 Å².